The molecule has 42 heavy (non-hydrogen) atoms. The lowest BCUT2D eigenvalue weighted by molar-refractivity contribution is 0.277. The SMILES string of the molecule is CCCCC1CCCC(Nc2nc(NCC3CCCN3CC)nc(Nc3ccc(N(CC)CC)c(C4CC4)c3)n2)CC1. The number of unbranched alkanes of at least 4 members (excludes halogenated alkanes) is 1. The van der Waals surface area contributed by atoms with Crippen molar-refractivity contribution in [1.29, 1.82) is 0 Å². The standard InChI is InChI=1S/C34H56N8/c1-5-9-12-25-13-10-14-27(19-16-25)36-33-38-32(35-24-29-15-11-22-42(29)8-4)39-34(40-33)37-28-20-21-31(41(6-2)7-3)30(23-28)26-17-18-26/h20-21,23,25-27,29H,5-19,22,24H2,1-4H3,(H3,35,36,37,38,39,40). The van der Waals surface area contributed by atoms with Crippen LogP contribution in [-0.2, 0) is 0 Å². The van der Waals surface area contributed by atoms with Gasteiger partial charge in [-0.2, -0.15) is 15.0 Å². The number of benzene rings is 1. The average Bonchev–Trinajstić information content (AvgIpc) is 3.79. The fraction of sp³-hybridized carbons (Fsp3) is 0.735. The van der Waals surface area contributed by atoms with Gasteiger partial charge in [-0.3, -0.25) is 4.90 Å². The number of nitrogens with zero attached hydrogens (tertiary/aromatic N) is 5. The molecule has 3 aliphatic rings. The minimum absolute atomic E-state index is 0.417. The first-order valence-electron chi connectivity index (χ1n) is 17.3. The van der Waals surface area contributed by atoms with E-state index in [1.165, 1.54) is 94.8 Å². The van der Waals surface area contributed by atoms with Crippen molar-refractivity contribution in [2.24, 2.45) is 5.92 Å². The number of likely N-dealkylation sites (tertiary alicyclic amines) is 1. The van der Waals surface area contributed by atoms with Crippen LogP contribution in [0.25, 0.3) is 0 Å². The van der Waals surface area contributed by atoms with Gasteiger partial charge in [-0.05, 0) is 107 Å². The summed E-state index contributed by atoms with van der Waals surface area (Å²) in [4.78, 5) is 19.7. The third-order valence-corrected chi connectivity index (χ3v) is 9.83. The van der Waals surface area contributed by atoms with Crippen molar-refractivity contribution in [3.8, 4) is 0 Å². The Hall–Kier alpha value is -2.61. The Bertz CT molecular complexity index is 1110. The van der Waals surface area contributed by atoms with Crippen LogP contribution in [0.2, 0.25) is 0 Å². The maximum absolute atomic E-state index is 4.91. The zero-order chi connectivity index (χ0) is 29.3. The monoisotopic (exact) mass is 576 g/mol. The lowest BCUT2D eigenvalue weighted by Crippen LogP contribution is -2.35. The number of hydrogen-bond donors (Lipinski definition) is 3. The molecule has 3 fully saturated rings. The van der Waals surface area contributed by atoms with Crippen molar-refractivity contribution in [2.75, 3.05) is 53.6 Å². The number of likely N-dealkylation sites (N-methyl/N-ethyl adjacent to an activating group) is 1. The van der Waals surface area contributed by atoms with Crippen molar-refractivity contribution in [1.82, 2.24) is 19.9 Å². The van der Waals surface area contributed by atoms with Crippen LogP contribution in [0.3, 0.4) is 0 Å². The van der Waals surface area contributed by atoms with Gasteiger partial charge >= 0.3 is 0 Å². The van der Waals surface area contributed by atoms with Gasteiger partial charge in [0.05, 0.1) is 0 Å². The van der Waals surface area contributed by atoms with E-state index in [1.54, 1.807) is 0 Å². The molecule has 3 atom stereocenters. The lowest BCUT2D eigenvalue weighted by atomic mass is 9.94. The predicted molar refractivity (Wildman–Crippen MR) is 177 cm³/mol. The van der Waals surface area contributed by atoms with Crippen LogP contribution in [0.1, 0.15) is 116 Å². The molecule has 8 nitrogen and oxygen atoms in total. The van der Waals surface area contributed by atoms with Crippen LogP contribution in [0.4, 0.5) is 29.2 Å². The smallest absolute Gasteiger partial charge is 0.233 e. The summed E-state index contributed by atoms with van der Waals surface area (Å²) in [6.07, 6.45) is 15.4. The molecule has 0 radical (unpaired) electrons. The molecule has 8 heteroatoms. The maximum Gasteiger partial charge on any atom is 0.233 e. The molecule has 0 spiro atoms. The first-order valence-corrected chi connectivity index (χ1v) is 17.3. The van der Waals surface area contributed by atoms with Gasteiger partial charge in [0, 0.05) is 43.1 Å². The van der Waals surface area contributed by atoms with E-state index in [1.807, 2.05) is 0 Å². The zero-order valence-corrected chi connectivity index (χ0v) is 26.8. The summed E-state index contributed by atoms with van der Waals surface area (Å²) in [5.41, 5.74) is 3.87. The van der Waals surface area contributed by atoms with Crippen molar-refractivity contribution >= 4 is 29.2 Å². The molecule has 3 N–H and O–H groups in total. The highest BCUT2D eigenvalue weighted by atomic mass is 15.3. The molecule has 1 aliphatic heterocycles. The number of aromatic nitrogens is 3. The van der Waals surface area contributed by atoms with E-state index in [-0.39, 0.29) is 0 Å². The van der Waals surface area contributed by atoms with Crippen molar-refractivity contribution < 1.29 is 0 Å². The van der Waals surface area contributed by atoms with E-state index in [9.17, 15) is 0 Å². The van der Waals surface area contributed by atoms with Gasteiger partial charge < -0.3 is 20.9 Å². The molecule has 0 amide bonds. The molecule has 1 aromatic carbocycles. The fourth-order valence-corrected chi connectivity index (χ4v) is 7.15. The Kier molecular flexibility index (Phi) is 11.2. The summed E-state index contributed by atoms with van der Waals surface area (Å²) in [6.45, 7) is 14.2. The Labute approximate surface area is 254 Å². The highest BCUT2D eigenvalue weighted by molar-refractivity contribution is 5.66. The summed E-state index contributed by atoms with van der Waals surface area (Å²) in [6, 6.07) is 7.75. The third-order valence-electron chi connectivity index (χ3n) is 9.83. The number of anilines is 5. The largest absolute Gasteiger partial charge is 0.372 e. The zero-order valence-electron chi connectivity index (χ0n) is 26.8. The molecule has 1 aromatic heterocycles. The third kappa shape index (κ3) is 8.27. The van der Waals surface area contributed by atoms with E-state index in [2.05, 4.69) is 71.6 Å². The molecule has 2 saturated carbocycles. The second kappa shape index (κ2) is 15.2. The summed E-state index contributed by atoms with van der Waals surface area (Å²) in [5.74, 6) is 3.50. The van der Waals surface area contributed by atoms with Gasteiger partial charge in [-0.25, -0.2) is 0 Å². The Morgan fingerprint density at radius 1 is 0.857 bits per heavy atom. The van der Waals surface area contributed by atoms with Gasteiger partial charge in [0.1, 0.15) is 0 Å². The van der Waals surface area contributed by atoms with Gasteiger partial charge in [0.15, 0.2) is 0 Å². The van der Waals surface area contributed by atoms with Gasteiger partial charge in [0.25, 0.3) is 0 Å². The minimum atomic E-state index is 0.417. The van der Waals surface area contributed by atoms with Gasteiger partial charge in [-0.1, -0.05) is 46.0 Å². The molecule has 5 rings (SSSR count). The molecule has 2 heterocycles. The molecule has 2 aliphatic carbocycles. The van der Waals surface area contributed by atoms with Crippen LogP contribution in [-0.4, -0.2) is 64.7 Å². The van der Waals surface area contributed by atoms with E-state index < -0.39 is 0 Å². The maximum atomic E-state index is 4.91. The van der Waals surface area contributed by atoms with Crippen LogP contribution < -0.4 is 20.9 Å². The van der Waals surface area contributed by atoms with E-state index in [0.29, 0.717) is 35.8 Å². The number of nitrogens with one attached hydrogen (secondary N) is 3. The van der Waals surface area contributed by atoms with Gasteiger partial charge in [-0.15, -0.1) is 0 Å². The van der Waals surface area contributed by atoms with E-state index in [0.717, 1.165) is 37.8 Å². The quantitative estimate of drug-likeness (QED) is 0.185. The molecule has 2 aromatic rings. The fourth-order valence-electron chi connectivity index (χ4n) is 7.15. The first-order chi connectivity index (χ1) is 20.6. The van der Waals surface area contributed by atoms with Crippen molar-refractivity contribution in [3.63, 3.8) is 0 Å². The van der Waals surface area contributed by atoms with E-state index >= 15 is 0 Å². The van der Waals surface area contributed by atoms with Crippen LogP contribution in [0.15, 0.2) is 18.2 Å². The minimum Gasteiger partial charge on any atom is -0.372 e. The summed E-state index contributed by atoms with van der Waals surface area (Å²) >= 11 is 0. The van der Waals surface area contributed by atoms with Crippen LogP contribution in [0, 0.1) is 5.92 Å². The van der Waals surface area contributed by atoms with Crippen molar-refractivity contribution in [3.05, 3.63) is 23.8 Å². The molecule has 1 saturated heterocycles. The van der Waals surface area contributed by atoms with Crippen LogP contribution in [0.5, 0.6) is 0 Å². The summed E-state index contributed by atoms with van der Waals surface area (Å²) in [7, 11) is 0. The van der Waals surface area contributed by atoms with Crippen LogP contribution >= 0.6 is 0 Å². The van der Waals surface area contributed by atoms with Crippen molar-refractivity contribution in [2.45, 2.75) is 123 Å². The second-order valence-electron chi connectivity index (χ2n) is 12.8. The Balaban J connectivity index is 1.33. The Morgan fingerprint density at radius 2 is 1.67 bits per heavy atom. The predicted octanol–water partition coefficient (Wildman–Crippen LogP) is 7.79. The molecule has 3 unspecified atom stereocenters. The summed E-state index contributed by atoms with van der Waals surface area (Å²) < 4.78 is 0. The summed E-state index contributed by atoms with van der Waals surface area (Å²) in [5, 5.41) is 10.9. The highest BCUT2D eigenvalue weighted by Crippen LogP contribution is 2.45. The number of rotatable bonds is 15. The van der Waals surface area contributed by atoms with E-state index in [4.69, 9.17) is 15.0 Å². The topological polar surface area (TPSA) is 81.2 Å². The Morgan fingerprint density at radius 3 is 2.43 bits per heavy atom. The van der Waals surface area contributed by atoms with Gasteiger partial charge in [0.2, 0.25) is 17.8 Å². The molecule has 0 bridgehead atoms. The average molecular weight is 577 g/mol. The lowest BCUT2D eigenvalue weighted by Gasteiger charge is -2.25. The first kappa shape index (κ1) is 30.8. The number of hydrogen-bond acceptors (Lipinski definition) is 8. The molecular formula is C34H56N8. The molecular weight excluding hydrogens is 520 g/mol. The molecule has 232 valence electrons. The second-order valence-corrected chi connectivity index (χ2v) is 12.8. The normalized spacial score (nSPS) is 23.0. The highest BCUT2D eigenvalue weighted by Gasteiger charge is 2.28.